The first-order valence-corrected chi connectivity index (χ1v) is 7.30. The number of rotatable bonds is 5. The van der Waals surface area contributed by atoms with E-state index in [1.54, 1.807) is 25.0 Å². The minimum atomic E-state index is -1.05. The van der Waals surface area contributed by atoms with Gasteiger partial charge in [0, 0.05) is 20.3 Å². The first-order chi connectivity index (χ1) is 10.3. The summed E-state index contributed by atoms with van der Waals surface area (Å²) in [5, 5.41) is 17.1. The molecule has 0 aromatic carbocycles. The number of carbonyl (C=O) groups is 2. The molecule has 22 heavy (non-hydrogen) atoms. The summed E-state index contributed by atoms with van der Waals surface area (Å²) in [6.45, 7) is 1.81. The molecule has 0 bridgehead atoms. The van der Waals surface area contributed by atoms with Crippen LogP contribution in [-0.4, -0.2) is 48.5 Å². The molecule has 2 rings (SSSR count). The lowest BCUT2D eigenvalue weighted by molar-refractivity contribution is -0.140. The van der Waals surface area contributed by atoms with Gasteiger partial charge in [0.05, 0.1) is 22.9 Å². The van der Waals surface area contributed by atoms with Crippen LogP contribution in [-0.2, 0) is 18.4 Å². The van der Waals surface area contributed by atoms with Gasteiger partial charge < -0.3 is 10.0 Å². The Morgan fingerprint density at radius 1 is 1.45 bits per heavy atom. The number of carboxylic acid groups (broad SMARTS) is 1. The number of carbonyl (C=O) groups excluding carboxylic acids is 1. The fourth-order valence-corrected chi connectivity index (χ4v) is 2.48. The molecular formula is C13H16BrN5O3. The van der Waals surface area contributed by atoms with Gasteiger partial charge in [0.1, 0.15) is 11.7 Å². The van der Waals surface area contributed by atoms with Crippen molar-refractivity contribution in [3.63, 3.8) is 0 Å². The van der Waals surface area contributed by atoms with Gasteiger partial charge in [-0.3, -0.25) is 9.48 Å². The highest BCUT2D eigenvalue weighted by Crippen LogP contribution is 2.18. The maximum atomic E-state index is 12.5. The lowest BCUT2D eigenvalue weighted by Gasteiger charge is -2.19. The van der Waals surface area contributed by atoms with Gasteiger partial charge in [-0.05, 0) is 28.9 Å². The zero-order valence-electron chi connectivity index (χ0n) is 12.4. The van der Waals surface area contributed by atoms with Gasteiger partial charge in [-0.1, -0.05) is 0 Å². The van der Waals surface area contributed by atoms with Crippen molar-refractivity contribution in [3.05, 3.63) is 34.3 Å². The van der Waals surface area contributed by atoms with Crippen LogP contribution in [0.25, 0.3) is 0 Å². The van der Waals surface area contributed by atoms with Gasteiger partial charge in [0.15, 0.2) is 0 Å². The van der Waals surface area contributed by atoms with Crippen molar-refractivity contribution in [1.29, 1.82) is 0 Å². The third kappa shape index (κ3) is 3.03. The predicted molar refractivity (Wildman–Crippen MR) is 81.3 cm³/mol. The number of hydrogen-bond acceptors (Lipinski definition) is 4. The largest absolute Gasteiger partial charge is 0.480 e. The van der Waals surface area contributed by atoms with Crippen LogP contribution in [0.3, 0.4) is 0 Å². The Morgan fingerprint density at radius 2 is 2.14 bits per heavy atom. The van der Waals surface area contributed by atoms with E-state index in [2.05, 4.69) is 26.1 Å². The zero-order valence-corrected chi connectivity index (χ0v) is 14.0. The maximum absolute atomic E-state index is 12.5. The van der Waals surface area contributed by atoms with E-state index in [4.69, 9.17) is 5.11 Å². The monoisotopic (exact) mass is 369 g/mol. The maximum Gasteiger partial charge on any atom is 0.328 e. The first kappa shape index (κ1) is 16.2. The van der Waals surface area contributed by atoms with E-state index in [1.165, 1.54) is 28.8 Å². The van der Waals surface area contributed by atoms with Crippen molar-refractivity contribution in [1.82, 2.24) is 24.5 Å². The average Bonchev–Trinajstić information content (AvgIpc) is 3.07. The van der Waals surface area contributed by atoms with Gasteiger partial charge in [0.25, 0.3) is 5.91 Å². The average molecular weight is 370 g/mol. The fraction of sp³-hybridized carbons (Fsp3) is 0.385. The number of aromatic nitrogens is 4. The van der Waals surface area contributed by atoms with Crippen LogP contribution in [0.5, 0.6) is 0 Å². The molecule has 0 aliphatic carbocycles. The zero-order chi connectivity index (χ0) is 16.4. The van der Waals surface area contributed by atoms with Crippen molar-refractivity contribution in [3.8, 4) is 0 Å². The second kappa shape index (κ2) is 6.30. The molecule has 2 aromatic heterocycles. The van der Waals surface area contributed by atoms with Gasteiger partial charge in [0.2, 0.25) is 0 Å². The van der Waals surface area contributed by atoms with E-state index in [0.29, 0.717) is 6.54 Å². The van der Waals surface area contributed by atoms with Crippen molar-refractivity contribution in [2.45, 2.75) is 19.5 Å². The molecule has 0 fully saturated rings. The molecular weight excluding hydrogens is 354 g/mol. The second-order valence-electron chi connectivity index (χ2n) is 4.90. The smallest absolute Gasteiger partial charge is 0.328 e. The Labute approximate surface area is 135 Å². The minimum Gasteiger partial charge on any atom is -0.480 e. The third-order valence-electron chi connectivity index (χ3n) is 3.36. The highest BCUT2D eigenvalue weighted by molar-refractivity contribution is 9.10. The Hall–Kier alpha value is -2.16. The number of aliphatic carboxylic acids is 1. The Bertz CT molecular complexity index is 689. The summed E-state index contributed by atoms with van der Waals surface area (Å²) >= 11 is 3.38. The van der Waals surface area contributed by atoms with Crippen molar-refractivity contribution in [2.24, 2.45) is 7.05 Å². The van der Waals surface area contributed by atoms with E-state index in [0.717, 1.165) is 10.2 Å². The van der Waals surface area contributed by atoms with Gasteiger partial charge in [-0.25, -0.2) is 9.48 Å². The number of aryl methyl sites for hydroxylation is 1. The molecule has 9 heteroatoms. The molecule has 2 aromatic rings. The summed E-state index contributed by atoms with van der Waals surface area (Å²) in [6.07, 6.45) is 3.07. The fourth-order valence-electron chi connectivity index (χ4n) is 2.00. The van der Waals surface area contributed by atoms with E-state index >= 15 is 0 Å². The molecule has 0 radical (unpaired) electrons. The van der Waals surface area contributed by atoms with Crippen molar-refractivity contribution in [2.75, 3.05) is 7.05 Å². The van der Waals surface area contributed by atoms with Crippen molar-refractivity contribution >= 4 is 27.8 Å². The van der Waals surface area contributed by atoms with Gasteiger partial charge >= 0.3 is 5.97 Å². The molecule has 1 amide bonds. The molecule has 2 heterocycles. The summed E-state index contributed by atoms with van der Waals surface area (Å²) in [4.78, 5) is 25.1. The van der Waals surface area contributed by atoms with Crippen LogP contribution < -0.4 is 0 Å². The Morgan fingerprint density at radius 3 is 2.68 bits per heavy atom. The lowest BCUT2D eigenvalue weighted by atomic mass is 10.3. The molecule has 0 saturated heterocycles. The summed E-state index contributed by atoms with van der Waals surface area (Å²) < 4.78 is 3.69. The number of hydrogen-bond donors (Lipinski definition) is 1. The predicted octanol–water partition coefficient (Wildman–Crippen LogP) is 1.30. The van der Waals surface area contributed by atoms with Gasteiger partial charge in [-0.2, -0.15) is 10.2 Å². The minimum absolute atomic E-state index is 0.232. The van der Waals surface area contributed by atoms with Gasteiger partial charge in [-0.15, -0.1) is 0 Å². The SMILES string of the molecule is CC(C(=O)O)n1nccc1C(=O)N(C)Cc1c(Br)cnn1C. The number of amides is 1. The first-order valence-electron chi connectivity index (χ1n) is 6.51. The molecule has 118 valence electrons. The van der Waals surface area contributed by atoms with Crippen LogP contribution in [0.15, 0.2) is 22.9 Å². The Balaban J connectivity index is 2.22. The molecule has 0 spiro atoms. The third-order valence-corrected chi connectivity index (χ3v) is 4.02. The van der Waals surface area contributed by atoms with Crippen LogP contribution in [0.2, 0.25) is 0 Å². The van der Waals surface area contributed by atoms with E-state index in [9.17, 15) is 9.59 Å². The Kier molecular flexibility index (Phi) is 4.65. The standard InChI is InChI=1S/C13H16BrN5O3/c1-8(13(21)22)19-10(4-5-15-19)12(20)17(2)7-11-9(14)6-16-18(11)3/h4-6,8H,7H2,1-3H3,(H,21,22). The lowest BCUT2D eigenvalue weighted by Crippen LogP contribution is -2.31. The topological polar surface area (TPSA) is 93.2 Å². The molecule has 0 aliphatic heterocycles. The highest BCUT2D eigenvalue weighted by Gasteiger charge is 2.24. The van der Waals surface area contributed by atoms with Crippen LogP contribution >= 0.6 is 15.9 Å². The van der Waals surface area contributed by atoms with Crippen molar-refractivity contribution < 1.29 is 14.7 Å². The quantitative estimate of drug-likeness (QED) is 0.856. The number of halogens is 1. The summed E-state index contributed by atoms with van der Waals surface area (Å²) in [6, 6.07) is 0.599. The van der Waals surface area contributed by atoms with E-state index in [-0.39, 0.29) is 11.6 Å². The molecule has 0 saturated carbocycles. The van der Waals surface area contributed by atoms with Crippen LogP contribution in [0.4, 0.5) is 0 Å². The van der Waals surface area contributed by atoms with E-state index < -0.39 is 12.0 Å². The number of nitrogens with zero attached hydrogens (tertiary/aromatic N) is 5. The molecule has 8 nitrogen and oxygen atoms in total. The molecule has 0 aliphatic rings. The second-order valence-corrected chi connectivity index (χ2v) is 5.75. The normalized spacial score (nSPS) is 12.2. The highest BCUT2D eigenvalue weighted by atomic mass is 79.9. The molecule has 1 atom stereocenters. The van der Waals surface area contributed by atoms with Crippen LogP contribution in [0.1, 0.15) is 29.1 Å². The summed E-state index contributed by atoms with van der Waals surface area (Å²) in [5.41, 5.74) is 1.07. The summed E-state index contributed by atoms with van der Waals surface area (Å²) in [5.74, 6) is -1.35. The van der Waals surface area contributed by atoms with E-state index in [1.807, 2.05) is 0 Å². The summed E-state index contributed by atoms with van der Waals surface area (Å²) in [7, 11) is 3.43. The molecule has 1 unspecified atom stereocenters. The van der Waals surface area contributed by atoms with Crippen LogP contribution in [0, 0.1) is 0 Å². The number of carboxylic acids is 1. The molecule has 1 N–H and O–H groups in total.